The highest BCUT2D eigenvalue weighted by molar-refractivity contribution is 6.17. The summed E-state index contributed by atoms with van der Waals surface area (Å²) >= 11 is 5.85. The highest BCUT2D eigenvalue weighted by Gasteiger charge is 2.01. The van der Waals surface area contributed by atoms with E-state index >= 15 is 0 Å². The van der Waals surface area contributed by atoms with Gasteiger partial charge < -0.3 is 4.74 Å². The van der Waals surface area contributed by atoms with Gasteiger partial charge in [0.1, 0.15) is 11.5 Å². The van der Waals surface area contributed by atoms with Gasteiger partial charge in [-0.1, -0.05) is 24.3 Å². The Morgan fingerprint density at radius 3 is 2.44 bits per heavy atom. The Bertz CT molecular complexity index is 465. The molecule has 0 unspecified atom stereocenters. The van der Waals surface area contributed by atoms with Gasteiger partial charge in [-0.15, -0.1) is 11.6 Å². The number of benzene rings is 2. The SMILES string of the molecule is Cc1ccc(Oc2ccccc2)cc1CCl. The zero-order valence-corrected chi connectivity index (χ0v) is 9.87. The highest BCUT2D eigenvalue weighted by Crippen LogP contribution is 2.24. The molecule has 0 aromatic heterocycles. The van der Waals surface area contributed by atoms with Crippen molar-refractivity contribution in [3.63, 3.8) is 0 Å². The molecule has 0 aliphatic rings. The largest absolute Gasteiger partial charge is 0.457 e. The summed E-state index contributed by atoms with van der Waals surface area (Å²) in [6.45, 7) is 2.05. The van der Waals surface area contributed by atoms with Crippen LogP contribution in [0.25, 0.3) is 0 Å². The molecule has 0 radical (unpaired) electrons. The lowest BCUT2D eigenvalue weighted by Gasteiger charge is -2.08. The van der Waals surface area contributed by atoms with Crippen LogP contribution >= 0.6 is 11.6 Å². The minimum atomic E-state index is 0.512. The van der Waals surface area contributed by atoms with E-state index in [2.05, 4.69) is 0 Å². The van der Waals surface area contributed by atoms with E-state index in [0.717, 1.165) is 17.1 Å². The van der Waals surface area contributed by atoms with E-state index in [1.165, 1.54) is 5.56 Å². The second-order valence-corrected chi connectivity index (χ2v) is 3.90. The second-order valence-electron chi connectivity index (χ2n) is 3.64. The van der Waals surface area contributed by atoms with Gasteiger partial charge in [-0.2, -0.15) is 0 Å². The second kappa shape index (κ2) is 5.04. The average molecular weight is 233 g/mol. The van der Waals surface area contributed by atoms with Crippen LogP contribution in [0, 0.1) is 6.92 Å². The van der Waals surface area contributed by atoms with Crippen LogP contribution in [0.2, 0.25) is 0 Å². The van der Waals surface area contributed by atoms with Crippen molar-refractivity contribution in [2.24, 2.45) is 0 Å². The molecule has 2 aromatic rings. The molecular weight excluding hydrogens is 220 g/mol. The molecule has 16 heavy (non-hydrogen) atoms. The number of para-hydroxylation sites is 1. The predicted molar refractivity (Wildman–Crippen MR) is 67.3 cm³/mol. The van der Waals surface area contributed by atoms with Gasteiger partial charge in [0.15, 0.2) is 0 Å². The lowest BCUT2D eigenvalue weighted by molar-refractivity contribution is 0.482. The van der Waals surface area contributed by atoms with Gasteiger partial charge in [0.05, 0.1) is 0 Å². The van der Waals surface area contributed by atoms with E-state index in [-0.39, 0.29) is 0 Å². The van der Waals surface area contributed by atoms with E-state index in [1.54, 1.807) is 0 Å². The van der Waals surface area contributed by atoms with Crippen molar-refractivity contribution < 1.29 is 4.74 Å². The number of rotatable bonds is 3. The number of hydrogen-bond acceptors (Lipinski definition) is 1. The molecule has 0 fully saturated rings. The lowest BCUT2D eigenvalue weighted by atomic mass is 10.1. The monoisotopic (exact) mass is 232 g/mol. The Labute approximate surface area is 101 Å². The summed E-state index contributed by atoms with van der Waals surface area (Å²) < 4.78 is 5.72. The van der Waals surface area contributed by atoms with Crippen LogP contribution in [-0.4, -0.2) is 0 Å². The maximum atomic E-state index is 5.85. The number of hydrogen-bond donors (Lipinski definition) is 0. The molecule has 2 rings (SSSR count). The van der Waals surface area contributed by atoms with E-state index in [4.69, 9.17) is 16.3 Å². The van der Waals surface area contributed by atoms with E-state index in [0.29, 0.717) is 5.88 Å². The lowest BCUT2D eigenvalue weighted by Crippen LogP contribution is -1.88. The summed E-state index contributed by atoms with van der Waals surface area (Å²) in [5.74, 6) is 2.18. The van der Waals surface area contributed by atoms with Crippen LogP contribution in [0.15, 0.2) is 48.5 Å². The topological polar surface area (TPSA) is 9.23 Å². The van der Waals surface area contributed by atoms with Crippen LogP contribution in [0.3, 0.4) is 0 Å². The van der Waals surface area contributed by atoms with Crippen molar-refractivity contribution >= 4 is 11.6 Å². The van der Waals surface area contributed by atoms with Crippen LogP contribution < -0.4 is 4.74 Å². The molecule has 0 heterocycles. The van der Waals surface area contributed by atoms with Crippen molar-refractivity contribution in [1.29, 1.82) is 0 Å². The first-order valence-electron chi connectivity index (χ1n) is 5.18. The van der Waals surface area contributed by atoms with Crippen molar-refractivity contribution in [1.82, 2.24) is 0 Å². The third-order valence-electron chi connectivity index (χ3n) is 2.44. The zero-order valence-electron chi connectivity index (χ0n) is 9.11. The standard InChI is InChI=1S/C14H13ClO/c1-11-7-8-14(9-12(11)10-15)16-13-5-3-2-4-6-13/h2-9H,10H2,1H3. The number of ether oxygens (including phenoxy) is 1. The minimum absolute atomic E-state index is 0.512. The first-order valence-corrected chi connectivity index (χ1v) is 5.71. The van der Waals surface area contributed by atoms with Gasteiger partial charge in [-0.3, -0.25) is 0 Å². The molecule has 0 bridgehead atoms. The Morgan fingerprint density at radius 2 is 1.75 bits per heavy atom. The highest BCUT2D eigenvalue weighted by atomic mass is 35.5. The van der Waals surface area contributed by atoms with Crippen LogP contribution in [-0.2, 0) is 5.88 Å². The first-order chi connectivity index (χ1) is 7.79. The van der Waals surface area contributed by atoms with Crippen LogP contribution in [0.5, 0.6) is 11.5 Å². The Balaban J connectivity index is 2.22. The fourth-order valence-electron chi connectivity index (χ4n) is 1.48. The number of aryl methyl sites for hydroxylation is 1. The van der Waals surface area contributed by atoms with Crippen molar-refractivity contribution in [2.45, 2.75) is 12.8 Å². The molecule has 0 atom stereocenters. The Hall–Kier alpha value is -1.47. The van der Waals surface area contributed by atoms with Gasteiger partial charge in [-0.05, 0) is 42.3 Å². The fourth-order valence-corrected chi connectivity index (χ4v) is 1.77. The summed E-state index contributed by atoms with van der Waals surface area (Å²) in [5, 5.41) is 0. The molecule has 2 aromatic carbocycles. The summed E-state index contributed by atoms with van der Waals surface area (Å²) in [4.78, 5) is 0. The van der Waals surface area contributed by atoms with Crippen molar-refractivity contribution in [3.8, 4) is 11.5 Å². The maximum absolute atomic E-state index is 5.85. The van der Waals surface area contributed by atoms with E-state index in [1.807, 2.05) is 55.5 Å². The minimum Gasteiger partial charge on any atom is -0.457 e. The van der Waals surface area contributed by atoms with Crippen LogP contribution in [0.4, 0.5) is 0 Å². The fraction of sp³-hybridized carbons (Fsp3) is 0.143. The molecule has 0 N–H and O–H groups in total. The molecule has 0 saturated heterocycles. The molecular formula is C14H13ClO. The molecule has 82 valence electrons. The molecule has 0 amide bonds. The smallest absolute Gasteiger partial charge is 0.127 e. The number of alkyl halides is 1. The normalized spacial score (nSPS) is 10.1. The Kier molecular flexibility index (Phi) is 3.47. The molecule has 2 heteroatoms. The van der Waals surface area contributed by atoms with Gasteiger partial charge in [0.2, 0.25) is 0 Å². The average Bonchev–Trinajstić information content (AvgIpc) is 2.33. The molecule has 1 nitrogen and oxygen atoms in total. The summed E-state index contributed by atoms with van der Waals surface area (Å²) in [6, 6.07) is 15.7. The van der Waals surface area contributed by atoms with Crippen LogP contribution in [0.1, 0.15) is 11.1 Å². The third-order valence-corrected chi connectivity index (χ3v) is 2.73. The molecule has 0 aliphatic heterocycles. The molecule has 0 aliphatic carbocycles. The zero-order chi connectivity index (χ0) is 11.4. The summed E-state index contributed by atoms with van der Waals surface area (Å²) in [7, 11) is 0. The Morgan fingerprint density at radius 1 is 1.00 bits per heavy atom. The predicted octanol–water partition coefficient (Wildman–Crippen LogP) is 4.53. The maximum Gasteiger partial charge on any atom is 0.127 e. The van der Waals surface area contributed by atoms with Crippen molar-refractivity contribution in [2.75, 3.05) is 0 Å². The molecule has 0 spiro atoms. The van der Waals surface area contributed by atoms with Gasteiger partial charge >= 0.3 is 0 Å². The third kappa shape index (κ3) is 2.56. The van der Waals surface area contributed by atoms with Crippen molar-refractivity contribution in [3.05, 3.63) is 59.7 Å². The van der Waals surface area contributed by atoms with Gasteiger partial charge in [0, 0.05) is 5.88 Å². The van der Waals surface area contributed by atoms with Gasteiger partial charge in [-0.25, -0.2) is 0 Å². The van der Waals surface area contributed by atoms with E-state index < -0.39 is 0 Å². The number of halogens is 1. The van der Waals surface area contributed by atoms with E-state index in [9.17, 15) is 0 Å². The molecule has 0 saturated carbocycles. The quantitative estimate of drug-likeness (QED) is 0.707. The first kappa shape index (κ1) is 11.0. The van der Waals surface area contributed by atoms with Gasteiger partial charge in [0.25, 0.3) is 0 Å². The summed E-state index contributed by atoms with van der Waals surface area (Å²) in [5.41, 5.74) is 2.30. The summed E-state index contributed by atoms with van der Waals surface area (Å²) in [6.07, 6.45) is 0.